The molecule has 3 nitrogen and oxygen atoms in total. The van der Waals surface area contributed by atoms with E-state index < -0.39 is 0 Å². The third-order valence-electron chi connectivity index (χ3n) is 4.32. The second-order valence-electron chi connectivity index (χ2n) is 6.15. The van der Waals surface area contributed by atoms with Crippen molar-refractivity contribution in [1.29, 1.82) is 0 Å². The molecule has 3 heteroatoms. The van der Waals surface area contributed by atoms with Crippen LogP contribution in [0, 0.1) is 13.8 Å². The number of carbonyl (C=O) groups is 1. The smallest absolute Gasteiger partial charge is 0.243 e. The summed E-state index contributed by atoms with van der Waals surface area (Å²) in [6.07, 6.45) is 0.753. The lowest BCUT2D eigenvalue weighted by Gasteiger charge is -2.18. The first-order chi connectivity index (χ1) is 10.5. The molecule has 1 aliphatic heterocycles. The molecule has 22 heavy (non-hydrogen) atoms. The molecule has 0 aliphatic carbocycles. The van der Waals surface area contributed by atoms with Gasteiger partial charge in [-0.25, -0.2) is 0 Å². The van der Waals surface area contributed by atoms with Crippen LogP contribution in [0.3, 0.4) is 0 Å². The number of nitrogens with one attached hydrogen (secondary N) is 2. The summed E-state index contributed by atoms with van der Waals surface area (Å²) in [5.41, 5.74) is 5.88. The van der Waals surface area contributed by atoms with Gasteiger partial charge in [-0.05, 0) is 37.5 Å². The lowest BCUT2D eigenvalue weighted by atomic mass is 10.0. The molecule has 1 aliphatic rings. The minimum atomic E-state index is -0.177. The fourth-order valence-corrected chi connectivity index (χ4v) is 3.05. The molecule has 1 heterocycles. The predicted molar refractivity (Wildman–Crippen MR) is 90.0 cm³/mol. The molecular formula is C19H22N2O. The normalized spacial score (nSPS) is 17.5. The number of carbonyl (C=O) groups excluding carboxylic acids is 1. The zero-order valence-corrected chi connectivity index (χ0v) is 13.3. The van der Waals surface area contributed by atoms with Crippen molar-refractivity contribution in [2.45, 2.75) is 39.3 Å². The quantitative estimate of drug-likeness (QED) is 0.909. The fourth-order valence-electron chi connectivity index (χ4n) is 3.05. The van der Waals surface area contributed by atoms with Crippen LogP contribution < -0.4 is 10.6 Å². The molecule has 114 valence electrons. The molecular weight excluding hydrogens is 272 g/mol. The van der Waals surface area contributed by atoms with Crippen LogP contribution >= 0.6 is 0 Å². The van der Waals surface area contributed by atoms with E-state index in [4.69, 9.17) is 0 Å². The Morgan fingerprint density at radius 2 is 2.00 bits per heavy atom. The minimum absolute atomic E-state index is 0.0130. The molecule has 0 saturated heterocycles. The second kappa shape index (κ2) is 5.84. The first-order valence-corrected chi connectivity index (χ1v) is 7.76. The summed E-state index contributed by atoms with van der Waals surface area (Å²) >= 11 is 0. The number of anilines is 1. The van der Waals surface area contributed by atoms with Gasteiger partial charge in [-0.1, -0.05) is 48.0 Å². The zero-order valence-electron chi connectivity index (χ0n) is 13.3. The van der Waals surface area contributed by atoms with Crippen molar-refractivity contribution >= 4 is 11.6 Å². The highest BCUT2D eigenvalue weighted by molar-refractivity contribution is 5.88. The van der Waals surface area contributed by atoms with Crippen molar-refractivity contribution in [1.82, 2.24) is 5.32 Å². The van der Waals surface area contributed by atoms with E-state index in [9.17, 15) is 4.79 Å². The van der Waals surface area contributed by atoms with E-state index in [1.54, 1.807) is 0 Å². The van der Waals surface area contributed by atoms with E-state index in [0.717, 1.165) is 17.7 Å². The van der Waals surface area contributed by atoms with Gasteiger partial charge in [-0.3, -0.25) is 4.79 Å². The monoisotopic (exact) mass is 294 g/mol. The van der Waals surface area contributed by atoms with E-state index in [1.807, 2.05) is 19.1 Å². The molecule has 0 spiro atoms. The van der Waals surface area contributed by atoms with Crippen LogP contribution in [0.2, 0.25) is 0 Å². The third-order valence-corrected chi connectivity index (χ3v) is 4.32. The summed E-state index contributed by atoms with van der Waals surface area (Å²) in [5.74, 6) is 0.0598. The van der Waals surface area contributed by atoms with E-state index in [0.29, 0.717) is 0 Å². The van der Waals surface area contributed by atoms with Crippen LogP contribution in [0.5, 0.6) is 0 Å². The standard InChI is InChI=1S/C19H22N2O/c1-12-6-4-8-15(10-12)14(3)20-19(22)17-11-16-9-5-7-13(2)18(16)21-17/h4-10,14,17,21H,11H2,1-3H3,(H,20,22)/t14-,17?/m1/s1. The summed E-state index contributed by atoms with van der Waals surface area (Å²) in [4.78, 5) is 12.5. The molecule has 2 N–H and O–H groups in total. The molecule has 0 radical (unpaired) electrons. The van der Waals surface area contributed by atoms with Gasteiger partial charge in [-0.2, -0.15) is 0 Å². The summed E-state index contributed by atoms with van der Waals surface area (Å²) < 4.78 is 0. The largest absolute Gasteiger partial charge is 0.373 e. The minimum Gasteiger partial charge on any atom is -0.373 e. The van der Waals surface area contributed by atoms with Crippen molar-refractivity contribution < 1.29 is 4.79 Å². The molecule has 0 fully saturated rings. The third kappa shape index (κ3) is 2.84. The van der Waals surface area contributed by atoms with Gasteiger partial charge in [0, 0.05) is 12.1 Å². The summed E-state index contributed by atoms with van der Waals surface area (Å²) in [6, 6.07) is 14.3. The topological polar surface area (TPSA) is 41.1 Å². The predicted octanol–water partition coefficient (Wildman–Crippen LogP) is 3.52. The Kier molecular flexibility index (Phi) is 3.88. The van der Waals surface area contributed by atoms with Gasteiger partial charge in [0.2, 0.25) is 5.91 Å². The van der Waals surface area contributed by atoms with E-state index in [2.05, 4.69) is 54.8 Å². The van der Waals surface area contributed by atoms with Crippen LogP contribution in [0.15, 0.2) is 42.5 Å². The van der Waals surface area contributed by atoms with Crippen LogP contribution in [0.1, 0.15) is 35.2 Å². The van der Waals surface area contributed by atoms with Crippen molar-refractivity contribution in [3.8, 4) is 0 Å². The average Bonchev–Trinajstić information content (AvgIpc) is 2.93. The van der Waals surface area contributed by atoms with E-state index in [-0.39, 0.29) is 18.0 Å². The van der Waals surface area contributed by atoms with Gasteiger partial charge in [0.15, 0.2) is 0 Å². The number of amides is 1. The van der Waals surface area contributed by atoms with Crippen LogP contribution in [-0.4, -0.2) is 11.9 Å². The van der Waals surface area contributed by atoms with Crippen molar-refractivity contribution in [3.05, 3.63) is 64.7 Å². The van der Waals surface area contributed by atoms with Crippen molar-refractivity contribution in [2.75, 3.05) is 5.32 Å². The molecule has 0 aromatic heterocycles. The summed E-state index contributed by atoms with van der Waals surface area (Å²) in [7, 11) is 0. The Morgan fingerprint density at radius 3 is 2.73 bits per heavy atom. The first kappa shape index (κ1) is 14.6. The number of aryl methyl sites for hydroxylation is 2. The van der Waals surface area contributed by atoms with E-state index in [1.165, 1.54) is 16.7 Å². The molecule has 2 aromatic carbocycles. The first-order valence-electron chi connectivity index (χ1n) is 7.76. The highest BCUT2D eigenvalue weighted by Crippen LogP contribution is 2.29. The molecule has 3 rings (SSSR count). The van der Waals surface area contributed by atoms with Crippen LogP contribution in [0.25, 0.3) is 0 Å². The Balaban J connectivity index is 1.68. The van der Waals surface area contributed by atoms with Crippen molar-refractivity contribution in [3.63, 3.8) is 0 Å². The summed E-state index contributed by atoms with van der Waals surface area (Å²) in [6.45, 7) is 6.16. The number of hydrogen-bond donors (Lipinski definition) is 2. The number of hydrogen-bond acceptors (Lipinski definition) is 2. The van der Waals surface area contributed by atoms with Gasteiger partial charge in [0.25, 0.3) is 0 Å². The van der Waals surface area contributed by atoms with Gasteiger partial charge < -0.3 is 10.6 Å². The Labute approximate surface area is 131 Å². The number of fused-ring (bicyclic) bond motifs is 1. The Hall–Kier alpha value is -2.29. The molecule has 1 unspecified atom stereocenters. The van der Waals surface area contributed by atoms with E-state index >= 15 is 0 Å². The van der Waals surface area contributed by atoms with Gasteiger partial charge >= 0.3 is 0 Å². The average molecular weight is 294 g/mol. The second-order valence-corrected chi connectivity index (χ2v) is 6.15. The lowest BCUT2D eigenvalue weighted by molar-refractivity contribution is -0.122. The maximum Gasteiger partial charge on any atom is 0.243 e. The Morgan fingerprint density at radius 1 is 1.23 bits per heavy atom. The number of para-hydroxylation sites is 1. The highest BCUT2D eigenvalue weighted by Gasteiger charge is 2.28. The van der Waals surface area contributed by atoms with Crippen LogP contribution in [-0.2, 0) is 11.2 Å². The lowest BCUT2D eigenvalue weighted by Crippen LogP contribution is -2.39. The van der Waals surface area contributed by atoms with Crippen molar-refractivity contribution in [2.24, 2.45) is 0 Å². The zero-order chi connectivity index (χ0) is 15.7. The maximum absolute atomic E-state index is 12.5. The van der Waals surface area contributed by atoms with Gasteiger partial charge in [-0.15, -0.1) is 0 Å². The number of benzene rings is 2. The Bertz CT molecular complexity index is 708. The molecule has 2 atom stereocenters. The SMILES string of the molecule is Cc1cccc([C@@H](C)NC(=O)C2Cc3cccc(C)c3N2)c1. The van der Waals surface area contributed by atoms with Crippen LogP contribution in [0.4, 0.5) is 5.69 Å². The maximum atomic E-state index is 12.5. The highest BCUT2D eigenvalue weighted by atomic mass is 16.2. The summed E-state index contributed by atoms with van der Waals surface area (Å²) in [5, 5.41) is 6.48. The van der Waals surface area contributed by atoms with Gasteiger partial charge in [0.05, 0.1) is 6.04 Å². The molecule has 0 saturated carbocycles. The number of rotatable bonds is 3. The molecule has 2 aromatic rings. The molecule has 1 amide bonds. The molecule has 0 bridgehead atoms. The fraction of sp³-hybridized carbons (Fsp3) is 0.316. The van der Waals surface area contributed by atoms with Gasteiger partial charge in [0.1, 0.15) is 6.04 Å².